The quantitative estimate of drug-likeness (QED) is 0.177. The fourth-order valence-electron chi connectivity index (χ4n) is 6.45. The third-order valence-electron chi connectivity index (χ3n) is 8.80. The number of aliphatic carboxylic acids is 1. The Balaban J connectivity index is 1.48. The smallest absolute Gasteiger partial charge is 0.303 e. The van der Waals surface area contributed by atoms with Crippen LogP contribution in [0.3, 0.4) is 0 Å². The van der Waals surface area contributed by atoms with E-state index >= 15 is 8.78 Å². The summed E-state index contributed by atoms with van der Waals surface area (Å²) < 4.78 is 39.6. The first-order valence-corrected chi connectivity index (χ1v) is 16.1. The van der Waals surface area contributed by atoms with Crippen molar-refractivity contribution >= 4 is 22.6 Å². The minimum Gasteiger partial charge on any atom is -0.481 e. The Morgan fingerprint density at radius 2 is 2.02 bits per heavy atom. The molecule has 0 saturated heterocycles. The van der Waals surface area contributed by atoms with E-state index in [0.717, 1.165) is 34.9 Å². The summed E-state index contributed by atoms with van der Waals surface area (Å²) in [7, 11) is 0. The van der Waals surface area contributed by atoms with E-state index in [1.807, 2.05) is 41.2 Å². The van der Waals surface area contributed by atoms with Crippen LogP contribution in [0.2, 0.25) is 0 Å². The summed E-state index contributed by atoms with van der Waals surface area (Å²) in [5, 5.41) is 14.7. The van der Waals surface area contributed by atoms with Gasteiger partial charge >= 0.3 is 5.97 Å². The van der Waals surface area contributed by atoms with E-state index in [4.69, 9.17) is 15.5 Å². The van der Waals surface area contributed by atoms with E-state index in [2.05, 4.69) is 23.9 Å². The maximum Gasteiger partial charge on any atom is 0.303 e. The summed E-state index contributed by atoms with van der Waals surface area (Å²) in [4.78, 5) is 19.4. The average Bonchev–Trinajstić information content (AvgIpc) is 3.70. The molecule has 8 nitrogen and oxygen atoms in total. The Labute approximate surface area is 278 Å². The van der Waals surface area contributed by atoms with Crippen LogP contribution in [0.1, 0.15) is 73.4 Å². The highest BCUT2D eigenvalue weighted by atomic mass is 19.1. The second-order valence-corrected chi connectivity index (χ2v) is 13.2. The summed E-state index contributed by atoms with van der Waals surface area (Å²) in [6.45, 7) is 5.07. The number of nitrogens with two attached hydrogens (primary N) is 1. The molecule has 6 rings (SSSR count). The van der Waals surface area contributed by atoms with Crippen molar-refractivity contribution in [2.45, 2.75) is 65.0 Å². The van der Waals surface area contributed by atoms with E-state index in [9.17, 15) is 9.90 Å². The molecule has 0 radical (unpaired) electrons. The molecular weight excluding hydrogens is 612 g/mol. The molecule has 5 aromatic rings. The van der Waals surface area contributed by atoms with Crippen LogP contribution < -0.4 is 10.5 Å². The van der Waals surface area contributed by atoms with Crippen LogP contribution in [0.5, 0.6) is 11.5 Å². The van der Waals surface area contributed by atoms with E-state index < -0.39 is 17.6 Å². The lowest BCUT2D eigenvalue weighted by Gasteiger charge is -2.25. The maximum atomic E-state index is 15.8. The SMILES string of the molecule is CC1(C)CCCC(c2cccc(CCC(=O)O)c2)N=C(/C=C\N)c2cc(ccc2F)Oc2c(F)cc3[nH]ccc3c2Cc2cnn(c2)C1. The maximum absolute atomic E-state index is 15.8. The minimum atomic E-state index is -0.867. The van der Waals surface area contributed by atoms with E-state index in [1.54, 1.807) is 18.5 Å². The Kier molecular flexibility index (Phi) is 9.43. The predicted molar refractivity (Wildman–Crippen MR) is 182 cm³/mol. The number of aromatic nitrogens is 3. The van der Waals surface area contributed by atoms with Crippen molar-refractivity contribution < 1.29 is 23.4 Å². The van der Waals surface area contributed by atoms with Crippen molar-refractivity contribution in [3.63, 3.8) is 0 Å². The molecule has 0 amide bonds. The molecule has 48 heavy (non-hydrogen) atoms. The van der Waals surface area contributed by atoms with Gasteiger partial charge in [-0.1, -0.05) is 44.5 Å². The molecule has 2 aromatic heterocycles. The standard InChI is InChI=1S/C38H39F2N5O3/c1-38(2)14-4-7-33(26-6-3-5-24(17-26)8-11-36(46)47)44-34(12-15-41)30-19-27(9-10-31(30)39)48-37-29(18-25-21-43-45(22-25)23-38)28-13-16-42-35(28)20-32(37)40/h3,5-6,9-10,12-13,15-17,19-22,33,42H,4,7-8,11,14,18,23,41H2,1-2H3,(H,46,47)/b15-12-,44-34?. The molecule has 0 saturated carbocycles. The minimum absolute atomic E-state index is 0.0131. The van der Waals surface area contributed by atoms with Gasteiger partial charge in [-0.15, -0.1) is 0 Å². The number of nitrogens with one attached hydrogen (secondary N) is 1. The first-order valence-electron chi connectivity index (χ1n) is 16.1. The summed E-state index contributed by atoms with van der Waals surface area (Å²) >= 11 is 0. The monoisotopic (exact) mass is 651 g/mol. The summed E-state index contributed by atoms with van der Waals surface area (Å²) in [6.07, 6.45) is 11.5. The number of carboxylic acid groups (broad SMARTS) is 1. The van der Waals surface area contributed by atoms with Crippen molar-refractivity contribution in [1.29, 1.82) is 0 Å². The fourth-order valence-corrected chi connectivity index (χ4v) is 6.45. The van der Waals surface area contributed by atoms with E-state index in [0.29, 0.717) is 42.6 Å². The first-order chi connectivity index (χ1) is 23.1. The fraction of sp³-hybridized carbons (Fsp3) is 0.289. The molecule has 4 N–H and O–H groups in total. The number of carbonyl (C=O) groups is 1. The third kappa shape index (κ3) is 7.48. The molecule has 1 unspecified atom stereocenters. The normalized spacial score (nSPS) is 16.9. The second kappa shape index (κ2) is 13.9. The summed E-state index contributed by atoms with van der Waals surface area (Å²) in [6, 6.07) is 14.9. The van der Waals surface area contributed by atoms with Gasteiger partial charge in [-0.05, 0) is 77.9 Å². The molecule has 1 atom stereocenters. The van der Waals surface area contributed by atoms with Crippen LogP contribution in [0.25, 0.3) is 10.9 Å². The van der Waals surface area contributed by atoms with Gasteiger partial charge in [-0.2, -0.15) is 5.10 Å². The topological polar surface area (TPSA) is 119 Å². The van der Waals surface area contributed by atoms with Crippen LogP contribution in [0, 0.1) is 17.0 Å². The highest BCUT2D eigenvalue weighted by molar-refractivity contribution is 6.09. The van der Waals surface area contributed by atoms with Crippen molar-refractivity contribution in [2.75, 3.05) is 0 Å². The van der Waals surface area contributed by atoms with Crippen molar-refractivity contribution in [3.8, 4) is 11.5 Å². The second-order valence-electron chi connectivity index (χ2n) is 13.2. The summed E-state index contributed by atoms with van der Waals surface area (Å²) in [5.74, 6) is -1.65. The van der Waals surface area contributed by atoms with Gasteiger partial charge in [0.15, 0.2) is 11.6 Å². The lowest BCUT2D eigenvalue weighted by atomic mass is 9.85. The van der Waals surface area contributed by atoms with Crippen LogP contribution in [-0.4, -0.2) is 31.6 Å². The number of aryl methyl sites for hydroxylation is 1. The van der Waals surface area contributed by atoms with Gasteiger partial charge in [0, 0.05) is 59.9 Å². The molecular formula is C38H39F2N5O3. The molecule has 3 aromatic carbocycles. The number of hydrogen-bond donors (Lipinski definition) is 3. The number of fused-ring (bicyclic) bond motifs is 7. The molecule has 1 aliphatic rings. The van der Waals surface area contributed by atoms with Crippen LogP contribution in [0.4, 0.5) is 8.78 Å². The number of ether oxygens (including phenoxy) is 1. The van der Waals surface area contributed by atoms with Gasteiger partial charge in [0.1, 0.15) is 11.6 Å². The number of benzene rings is 3. The average molecular weight is 652 g/mol. The number of nitrogens with zero attached hydrogens (tertiary/aromatic N) is 3. The number of hydrogen-bond acceptors (Lipinski definition) is 5. The highest BCUT2D eigenvalue weighted by Crippen LogP contribution is 2.37. The zero-order chi connectivity index (χ0) is 33.8. The number of halogens is 2. The van der Waals surface area contributed by atoms with Crippen molar-refractivity contribution in [3.05, 3.63) is 125 Å². The molecule has 0 aliphatic carbocycles. The highest BCUT2D eigenvalue weighted by Gasteiger charge is 2.24. The van der Waals surface area contributed by atoms with E-state index in [-0.39, 0.29) is 34.9 Å². The van der Waals surface area contributed by atoms with Gasteiger partial charge in [0.25, 0.3) is 0 Å². The lowest BCUT2D eigenvalue weighted by Crippen LogP contribution is -2.20. The van der Waals surface area contributed by atoms with E-state index in [1.165, 1.54) is 30.5 Å². The number of allylic oxidation sites excluding steroid dienone is 1. The third-order valence-corrected chi connectivity index (χ3v) is 8.80. The molecule has 1 aliphatic heterocycles. The van der Waals surface area contributed by atoms with Crippen LogP contribution >= 0.6 is 0 Å². The molecule has 248 valence electrons. The largest absolute Gasteiger partial charge is 0.481 e. The molecule has 4 bridgehead atoms. The number of rotatable bonds is 5. The number of aromatic amines is 1. The Hall–Kier alpha value is -5.25. The number of carboxylic acids is 1. The molecule has 0 spiro atoms. The van der Waals surface area contributed by atoms with Crippen LogP contribution in [0.15, 0.2) is 90.5 Å². The Bertz CT molecular complexity index is 2010. The Morgan fingerprint density at radius 1 is 1.17 bits per heavy atom. The van der Waals surface area contributed by atoms with Gasteiger partial charge < -0.3 is 20.6 Å². The molecule has 10 heteroatoms. The van der Waals surface area contributed by atoms with Crippen molar-refractivity contribution in [1.82, 2.24) is 14.8 Å². The van der Waals surface area contributed by atoms with Crippen molar-refractivity contribution in [2.24, 2.45) is 16.1 Å². The zero-order valence-corrected chi connectivity index (χ0v) is 27.0. The van der Waals surface area contributed by atoms with Gasteiger partial charge in [-0.3, -0.25) is 14.5 Å². The molecule has 3 heterocycles. The summed E-state index contributed by atoms with van der Waals surface area (Å²) in [5.41, 5.74) is 10.2. The lowest BCUT2D eigenvalue weighted by molar-refractivity contribution is -0.136. The Morgan fingerprint density at radius 3 is 2.83 bits per heavy atom. The number of H-pyrrole nitrogens is 1. The van der Waals surface area contributed by atoms with Gasteiger partial charge in [0.05, 0.1) is 18.0 Å². The zero-order valence-electron chi connectivity index (χ0n) is 27.0. The van der Waals surface area contributed by atoms with Crippen LogP contribution in [-0.2, 0) is 24.2 Å². The molecule has 0 fully saturated rings. The van der Waals surface area contributed by atoms with Gasteiger partial charge in [0.2, 0.25) is 0 Å². The number of aliphatic imine (C=N–C) groups is 1. The van der Waals surface area contributed by atoms with Gasteiger partial charge in [-0.25, -0.2) is 8.78 Å². The first kappa shape index (κ1) is 32.7. The predicted octanol–water partition coefficient (Wildman–Crippen LogP) is 8.26.